The summed E-state index contributed by atoms with van der Waals surface area (Å²) in [5.41, 5.74) is 0.843. The molecule has 7 heteroatoms. The summed E-state index contributed by atoms with van der Waals surface area (Å²) >= 11 is 0. The van der Waals surface area contributed by atoms with Gasteiger partial charge in [-0.3, -0.25) is 14.4 Å². The number of hydrogen-bond donors (Lipinski definition) is 1. The molecule has 0 bridgehead atoms. The Hall–Kier alpha value is -2.70. The third-order valence-corrected chi connectivity index (χ3v) is 3.82. The number of carbonyl (C=O) groups is 4. The lowest BCUT2D eigenvalue weighted by Gasteiger charge is -2.22. The van der Waals surface area contributed by atoms with Crippen LogP contribution in [0, 0.1) is 13.8 Å². The lowest BCUT2D eigenvalue weighted by molar-refractivity contribution is -0.142. The van der Waals surface area contributed by atoms with Gasteiger partial charge in [0.15, 0.2) is 17.4 Å². The van der Waals surface area contributed by atoms with E-state index in [9.17, 15) is 19.2 Å². The van der Waals surface area contributed by atoms with Crippen molar-refractivity contribution in [2.24, 2.45) is 0 Å². The van der Waals surface area contributed by atoms with Gasteiger partial charge in [0.1, 0.15) is 0 Å². The smallest absolute Gasteiger partial charge is 0.418 e. The van der Waals surface area contributed by atoms with Gasteiger partial charge in [-0.25, -0.2) is 9.69 Å². The predicted molar refractivity (Wildman–Crippen MR) is 86.4 cm³/mol. The summed E-state index contributed by atoms with van der Waals surface area (Å²) in [6.07, 6.45) is -0.999. The Morgan fingerprint density at radius 2 is 1.83 bits per heavy atom. The second-order valence-corrected chi connectivity index (χ2v) is 6.37. The molecule has 24 heavy (non-hydrogen) atoms. The molecule has 1 heterocycles. The molecule has 0 radical (unpaired) electrons. The predicted octanol–water partition coefficient (Wildman–Crippen LogP) is 1.96. The first-order valence-electron chi connectivity index (χ1n) is 7.50. The van der Waals surface area contributed by atoms with E-state index in [1.54, 1.807) is 13.0 Å². The first kappa shape index (κ1) is 17.7. The molecule has 0 spiro atoms. The monoisotopic (exact) mass is 332 g/mol. The number of carbonyl (C=O) groups excluding carboxylic acids is 4. The SMILES string of the molecule is CC(=O)C(C(=O)Nc1cc(C)ccc1C)N1C(=O)OC(C)(C)C1=O. The van der Waals surface area contributed by atoms with Crippen molar-refractivity contribution in [2.75, 3.05) is 5.32 Å². The number of ether oxygens (including phenoxy) is 1. The van der Waals surface area contributed by atoms with Crippen molar-refractivity contribution < 1.29 is 23.9 Å². The van der Waals surface area contributed by atoms with Crippen LogP contribution in [0.2, 0.25) is 0 Å². The van der Waals surface area contributed by atoms with Gasteiger partial charge in [-0.2, -0.15) is 0 Å². The number of anilines is 1. The second-order valence-electron chi connectivity index (χ2n) is 6.37. The van der Waals surface area contributed by atoms with Crippen molar-refractivity contribution in [1.29, 1.82) is 0 Å². The zero-order chi connectivity index (χ0) is 18.2. The van der Waals surface area contributed by atoms with Gasteiger partial charge in [0.05, 0.1) is 0 Å². The van der Waals surface area contributed by atoms with Crippen LogP contribution in [-0.4, -0.2) is 40.2 Å². The van der Waals surface area contributed by atoms with Crippen molar-refractivity contribution in [3.8, 4) is 0 Å². The maximum absolute atomic E-state index is 12.6. The molecule has 7 nitrogen and oxygen atoms in total. The van der Waals surface area contributed by atoms with Crippen molar-refractivity contribution in [2.45, 2.75) is 46.3 Å². The topological polar surface area (TPSA) is 92.8 Å². The molecule has 1 atom stereocenters. The van der Waals surface area contributed by atoms with Crippen molar-refractivity contribution >= 4 is 29.4 Å². The van der Waals surface area contributed by atoms with Gasteiger partial charge in [0, 0.05) is 5.69 Å². The highest BCUT2D eigenvalue weighted by Crippen LogP contribution is 2.26. The number of benzene rings is 1. The molecule has 3 amide bonds. The minimum Gasteiger partial charge on any atom is -0.433 e. The van der Waals surface area contributed by atoms with Crippen LogP contribution in [0.15, 0.2) is 18.2 Å². The van der Waals surface area contributed by atoms with Crippen LogP contribution in [0.5, 0.6) is 0 Å². The van der Waals surface area contributed by atoms with Crippen molar-refractivity contribution in [1.82, 2.24) is 4.90 Å². The van der Waals surface area contributed by atoms with Gasteiger partial charge >= 0.3 is 6.09 Å². The molecule has 1 aromatic rings. The van der Waals surface area contributed by atoms with E-state index in [4.69, 9.17) is 4.74 Å². The zero-order valence-electron chi connectivity index (χ0n) is 14.3. The number of Topliss-reactive ketones (excluding diaryl/α,β-unsaturated/α-hetero) is 1. The van der Waals surface area contributed by atoms with Gasteiger partial charge in [0.25, 0.3) is 11.8 Å². The van der Waals surface area contributed by atoms with Crippen LogP contribution in [0.3, 0.4) is 0 Å². The highest BCUT2D eigenvalue weighted by molar-refractivity contribution is 6.17. The number of nitrogens with zero attached hydrogens (tertiary/aromatic N) is 1. The van der Waals surface area contributed by atoms with Crippen LogP contribution >= 0.6 is 0 Å². The molecular formula is C17H20N2O5. The molecule has 0 saturated carbocycles. The second kappa shape index (κ2) is 6.07. The summed E-state index contributed by atoms with van der Waals surface area (Å²) in [5, 5.41) is 2.62. The minimum absolute atomic E-state index is 0.519. The summed E-state index contributed by atoms with van der Waals surface area (Å²) in [5.74, 6) is -2.09. The summed E-state index contributed by atoms with van der Waals surface area (Å²) in [4.78, 5) is 49.4. The number of rotatable bonds is 4. The lowest BCUT2D eigenvalue weighted by atomic mass is 10.1. The van der Waals surface area contributed by atoms with Gasteiger partial charge in [0.2, 0.25) is 0 Å². The van der Waals surface area contributed by atoms with E-state index >= 15 is 0 Å². The van der Waals surface area contributed by atoms with Crippen LogP contribution in [0.25, 0.3) is 0 Å². The number of cyclic esters (lactones) is 1. The fraction of sp³-hybridized carbons (Fsp3) is 0.412. The fourth-order valence-electron chi connectivity index (χ4n) is 2.46. The Morgan fingerprint density at radius 3 is 2.33 bits per heavy atom. The van der Waals surface area contributed by atoms with E-state index in [2.05, 4.69) is 5.32 Å². The number of amides is 3. The quantitative estimate of drug-likeness (QED) is 0.851. The molecule has 128 valence electrons. The Bertz CT molecular complexity index is 738. The van der Waals surface area contributed by atoms with Crippen molar-refractivity contribution in [3.05, 3.63) is 29.3 Å². The Labute approximate surface area is 140 Å². The Morgan fingerprint density at radius 1 is 1.21 bits per heavy atom. The lowest BCUT2D eigenvalue weighted by Crippen LogP contribution is -2.52. The van der Waals surface area contributed by atoms with Gasteiger partial charge in [-0.1, -0.05) is 12.1 Å². The first-order valence-corrected chi connectivity index (χ1v) is 7.50. The van der Waals surface area contributed by atoms with E-state index in [0.29, 0.717) is 10.6 Å². The molecule has 0 aromatic heterocycles. The highest BCUT2D eigenvalue weighted by Gasteiger charge is 2.53. The minimum atomic E-state index is -1.56. The van der Waals surface area contributed by atoms with E-state index in [0.717, 1.165) is 18.1 Å². The molecule has 1 fully saturated rings. The number of imide groups is 1. The van der Waals surface area contributed by atoms with Gasteiger partial charge < -0.3 is 10.1 Å². The first-order chi connectivity index (χ1) is 11.0. The molecular weight excluding hydrogens is 312 g/mol. The van der Waals surface area contributed by atoms with E-state index in [1.165, 1.54) is 13.8 Å². The Kier molecular flexibility index (Phi) is 4.46. The average Bonchev–Trinajstić information content (AvgIpc) is 2.65. The molecule has 1 aromatic carbocycles. The molecule has 1 unspecified atom stereocenters. The number of nitrogens with one attached hydrogen (secondary N) is 1. The van der Waals surface area contributed by atoms with Crippen LogP contribution < -0.4 is 5.32 Å². The molecule has 1 saturated heterocycles. The van der Waals surface area contributed by atoms with Crippen LogP contribution in [0.1, 0.15) is 31.9 Å². The summed E-state index contributed by atoms with van der Waals surface area (Å²) < 4.78 is 4.95. The zero-order valence-corrected chi connectivity index (χ0v) is 14.3. The summed E-state index contributed by atoms with van der Waals surface area (Å²) in [7, 11) is 0. The molecule has 1 N–H and O–H groups in total. The molecule has 2 rings (SSSR count). The fourth-order valence-corrected chi connectivity index (χ4v) is 2.46. The number of hydrogen-bond acceptors (Lipinski definition) is 5. The standard InChI is InChI=1S/C17H20N2O5/c1-9-6-7-10(2)12(8-9)18-14(21)13(11(3)20)19-15(22)17(4,5)24-16(19)23/h6-8,13H,1-5H3,(H,18,21). The van der Waals surface area contributed by atoms with E-state index in [1.807, 2.05) is 19.1 Å². The number of aryl methyl sites for hydroxylation is 2. The third kappa shape index (κ3) is 3.15. The van der Waals surface area contributed by atoms with E-state index in [-0.39, 0.29) is 0 Å². The largest absolute Gasteiger partial charge is 0.433 e. The van der Waals surface area contributed by atoms with E-state index < -0.39 is 35.3 Å². The van der Waals surface area contributed by atoms with Crippen molar-refractivity contribution in [3.63, 3.8) is 0 Å². The summed E-state index contributed by atoms with van der Waals surface area (Å²) in [6, 6.07) is 3.90. The highest BCUT2D eigenvalue weighted by atomic mass is 16.6. The average molecular weight is 332 g/mol. The molecule has 1 aliphatic heterocycles. The molecule has 1 aliphatic rings. The summed E-state index contributed by atoms with van der Waals surface area (Å²) in [6.45, 7) is 7.64. The normalized spacial score (nSPS) is 17.5. The molecule has 0 aliphatic carbocycles. The van der Waals surface area contributed by atoms with Crippen LogP contribution in [-0.2, 0) is 19.1 Å². The maximum Gasteiger partial charge on any atom is 0.418 e. The van der Waals surface area contributed by atoms with Crippen LogP contribution in [0.4, 0.5) is 10.5 Å². The third-order valence-electron chi connectivity index (χ3n) is 3.82. The Balaban J connectivity index is 2.33. The van der Waals surface area contributed by atoms with Gasteiger partial charge in [-0.15, -0.1) is 0 Å². The maximum atomic E-state index is 12.6. The van der Waals surface area contributed by atoms with Gasteiger partial charge in [-0.05, 0) is 51.8 Å². The number of ketones is 1.